The summed E-state index contributed by atoms with van der Waals surface area (Å²) in [4.78, 5) is 22.5. The number of primary amides is 1. The van der Waals surface area contributed by atoms with Gasteiger partial charge in [0.25, 0.3) is 0 Å². The lowest BCUT2D eigenvalue weighted by molar-refractivity contribution is -0.132. The quantitative estimate of drug-likeness (QED) is 0.750. The van der Waals surface area contributed by atoms with E-state index in [1.54, 1.807) is 0 Å². The van der Waals surface area contributed by atoms with Crippen LogP contribution in [0.2, 0.25) is 0 Å². The molecule has 1 saturated carbocycles. The molecule has 1 fully saturated rings. The molecule has 2 amide bonds. The Morgan fingerprint density at radius 3 is 2.12 bits per heavy atom. The van der Waals surface area contributed by atoms with Gasteiger partial charge in [0.2, 0.25) is 11.8 Å². The highest BCUT2D eigenvalue weighted by molar-refractivity contribution is 5.85. The largest absolute Gasteiger partial charge is 0.368 e. The summed E-state index contributed by atoms with van der Waals surface area (Å²) in [5, 5.41) is 2.61. The molecule has 1 aliphatic carbocycles. The maximum absolute atomic E-state index is 11.9. The molecule has 0 heterocycles. The molecule has 0 aromatic rings. The maximum atomic E-state index is 11.9. The second-order valence-corrected chi connectivity index (χ2v) is 5.24. The maximum Gasteiger partial charge on any atom is 0.236 e. The molecule has 2 unspecified atom stereocenters. The molecule has 3 N–H and O–H groups in total. The van der Waals surface area contributed by atoms with Crippen molar-refractivity contribution in [3.05, 3.63) is 0 Å². The minimum atomic E-state index is -0.488. The molecule has 4 nitrogen and oxygen atoms in total. The van der Waals surface area contributed by atoms with Crippen LogP contribution >= 0.6 is 0 Å². The van der Waals surface area contributed by atoms with E-state index in [4.69, 9.17) is 5.73 Å². The topological polar surface area (TPSA) is 72.2 Å². The summed E-state index contributed by atoms with van der Waals surface area (Å²) in [6, 6.07) is 0. The van der Waals surface area contributed by atoms with Gasteiger partial charge in [-0.05, 0) is 30.6 Å². The summed E-state index contributed by atoms with van der Waals surface area (Å²) in [6.45, 7) is 6.40. The highest BCUT2D eigenvalue weighted by atomic mass is 16.2. The van der Waals surface area contributed by atoms with E-state index in [1.807, 2.05) is 0 Å². The van der Waals surface area contributed by atoms with Crippen LogP contribution in [0.1, 0.15) is 33.6 Å². The van der Waals surface area contributed by atoms with Crippen molar-refractivity contribution in [3.8, 4) is 0 Å². The summed E-state index contributed by atoms with van der Waals surface area (Å²) in [5.41, 5.74) is 5.01. The Labute approximate surface area is 97.0 Å². The molecule has 0 saturated heterocycles. The second-order valence-electron chi connectivity index (χ2n) is 5.24. The fourth-order valence-corrected chi connectivity index (χ4v) is 3.03. The molecular formula is C12H22N2O2. The Hall–Kier alpha value is -1.06. The zero-order valence-electron chi connectivity index (χ0n) is 10.3. The van der Waals surface area contributed by atoms with E-state index in [1.165, 1.54) is 0 Å². The van der Waals surface area contributed by atoms with E-state index < -0.39 is 5.91 Å². The minimum Gasteiger partial charge on any atom is -0.368 e. The molecule has 0 aliphatic heterocycles. The molecule has 0 radical (unpaired) electrons. The first-order valence-corrected chi connectivity index (χ1v) is 5.97. The van der Waals surface area contributed by atoms with E-state index >= 15 is 0 Å². The number of hydrogen-bond donors (Lipinski definition) is 2. The Bertz CT molecular complexity index is 266. The predicted octanol–water partition coefficient (Wildman–Crippen LogP) is 0.906. The summed E-state index contributed by atoms with van der Waals surface area (Å²) >= 11 is 0. The van der Waals surface area contributed by atoms with Crippen LogP contribution in [-0.2, 0) is 9.59 Å². The molecule has 1 rings (SSSR count). The predicted molar refractivity (Wildman–Crippen MR) is 62.4 cm³/mol. The van der Waals surface area contributed by atoms with Gasteiger partial charge in [0, 0.05) is 5.92 Å². The Kier molecular flexibility index (Phi) is 4.33. The molecule has 0 aromatic heterocycles. The lowest BCUT2D eigenvalue weighted by Crippen LogP contribution is -2.44. The van der Waals surface area contributed by atoms with Crippen molar-refractivity contribution < 1.29 is 9.59 Å². The molecule has 2 atom stereocenters. The van der Waals surface area contributed by atoms with Crippen LogP contribution in [0, 0.1) is 23.7 Å². The number of nitrogens with one attached hydrogen (secondary N) is 1. The van der Waals surface area contributed by atoms with Crippen LogP contribution in [0.15, 0.2) is 0 Å². The summed E-state index contributed by atoms with van der Waals surface area (Å²) < 4.78 is 0. The van der Waals surface area contributed by atoms with Crippen LogP contribution in [0.5, 0.6) is 0 Å². The third-order valence-electron chi connectivity index (χ3n) is 3.51. The lowest BCUT2D eigenvalue weighted by atomic mass is 9.69. The van der Waals surface area contributed by atoms with Crippen molar-refractivity contribution in [2.24, 2.45) is 29.4 Å². The average molecular weight is 226 g/mol. The van der Waals surface area contributed by atoms with E-state index in [0.717, 1.165) is 12.8 Å². The van der Waals surface area contributed by atoms with Gasteiger partial charge in [-0.1, -0.05) is 20.8 Å². The summed E-state index contributed by atoms with van der Waals surface area (Å²) in [5.74, 6) is 0.961. The molecule has 0 spiro atoms. The molecule has 16 heavy (non-hydrogen) atoms. The first-order valence-electron chi connectivity index (χ1n) is 5.97. The third-order valence-corrected chi connectivity index (χ3v) is 3.51. The number of amides is 2. The highest BCUT2D eigenvalue weighted by Gasteiger charge is 2.35. The summed E-state index contributed by atoms with van der Waals surface area (Å²) in [7, 11) is 0. The number of hydrogen-bond acceptors (Lipinski definition) is 2. The fraction of sp³-hybridized carbons (Fsp3) is 0.833. The van der Waals surface area contributed by atoms with Crippen LogP contribution in [0.4, 0.5) is 0 Å². The van der Waals surface area contributed by atoms with Gasteiger partial charge in [-0.15, -0.1) is 0 Å². The number of rotatable bonds is 3. The monoisotopic (exact) mass is 226 g/mol. The van der Waals surface area contributed by atoms with Crippen molar-refractivity contribution in [1.82, 2.24) is 5.32 Å². The summed E-state index contributed by atoms with van der Waals surface area (Å²) in [6.07, 6.45) is 2.16. The van der Waals surface area contributed by atoms with Crippen molar-refractivity contribution in [2.75, 3.05) is 6.54 Å². The van der Waals surface area contributed by atoms with Gasteiger partial charge in [-0.2, -0.15) is 0 Å². The van der Waals surface area contributed by atoms with Gasteiger partial charge >= 0.3 is 0 Å². The smallest absolute Gasteiger partial charge is 0.236 e. The zero-order valence-corrected chi connectivity index (χ0v) is 10.3. The molecule has 1 aliphatic rings. The Morgan fingerprint density at radius 1 is 1.19 bits per heavy atom. The van der Waals surface area contributed by atoms with Gasteiger partial charge in [0.15, 0.2) is 0 Å². The molecule has 92 valence electrons. The van der Waals surface area contributed by atoms with Crippen LogP contribution in [0.3, 0.4) is 0 Å². The van der Waals surface area contributed by atoms with Gasteiger partial charge in [0.05, 0.1) is 6.54 Å². The molecular weight excluding hydrogens is 204 g/mol. The molecule has 0 bridgehead atoms. The van der Waals surface area contributed by atoms with Gasteiger partial charge < -0.3 is 11.1 Å². The first-order chi connectivity index (χ1) is 7.41. The highest BCUT2D eigenvalue weighted by Crippen LogP contribution is 2.37. The third kappa shape index (κ3) is 3.22. The van der Waals surface area contributed by atoms with Crippen LogP contribution < -0.4 is 11.1 Å². The number of carbonyl (C=O) groups is 2. The van der Waals surface area contributed by atoms with Crippen molar-refractivity contribution in [3.63, 3.8) is 0 Å². The lowest BCUT2D eigenvalue weighted by Gasteiger charge is -2.36. The van der Waals surface area contributed by atoms with E-state index in [0.29, 0.717) is 17.8 Å². The van der Waals surface area contributed by atoms with Crippen LogP contribution in [-0.4, -0.2) is 18.4 Å². The Morgan fingerprint density at radius 2 is 1.69 bits per heavy atom. The number of carbonyl (C=O) groups excluding carboxylic acids is 2. The van der Waals surface area contributed by atoms with E-state index in [9.17, 15) is 9.59 Å². The van der Waals surface area contributed by atoms with E-state index in [2.05, 4.69) is 26.1 Å². The van der Waals surface area contributed by atoms with Crippen molar-refractivity contribution in [2.45, 2.75) is 33.6 Å². The van der Waals surface area contributed by atoms with Crippen molar-refractivity contribution >= 4 is 11.8 Å². The van der Waals surface area contributed by atoms with E-state index in [-0.39, 0.29) is 18.4 Å². The normalized spacial score (nSPS) is 34.4. The van der Waals surface area contributed by atoms with Gasteiger partial charge in [-0.3, -0.25) is 9.59 Å². The zero-order chi connectivity index (χ0) is 12.3. The van der Waals surface area contributed by atoms with Crippen molar-refractivity contribution in [1.29, 1.82) is 0 Å². The first kappa shape index (κ1) is 13.0. The molecule has 4 heteroatoms. The molecule has 0 aromatic carbocycles. The second kappa shape index (κ2) is 5.32. The fourth-order valence-electron chi connectivity index (χ4n) is 3.03. The number of nitrogens with two attached hydrogens (primary N) is 1. The van der Waals surface area contributed by atoms with Crippen LogP contribution in [0.25, 0.3) is 0 Å². The van der Waals surface area contributed by atoms with Gasteiger partial charge in [-0.25, -0.2) is 0 Å². The SMILES string of the molecule is CC1CC(C)C(C(=O)NCC(N)=O)C(C)C1. The van der Waals surface area contributed by atoms with Gasteiger partial charge in [0.1, 0.15) is 0 Å². The standard InChI is InChI=1S/C12H22N2O2/c1-7-4-8(2)11(9(3)5-7)12(16)14-6-10(13)15/h7-9,11H,4-6H2,1-3H3,(H2,13,15)(H,14,16). The minimum absolute atomic E-state index is 0.0225. The Balaban J connectivity index is 2.56. The average Bonchev–Trinajstić information content (AvgIpc) is 2.12.